The van der Waals surface area contributed by atoms with E-state index in [4.69, 9.17) is 5.73 Å². The van der Waals surface area contributed by atoms with E-state index in [0.717, 1.165) is 10.5 Å². The molecule has 1 aromatic carbocycles. The molecule has 2 nitrogen and oxygen atoms in total. The SMILES string of the molecule is CC(Sc1ccncc1)C(N)c1ccc(F)cc1. The second-order valence-electron chi connectivity index (χ2n) is 4.08. The minimum Gasteiger partial charge on any atom is -0.323 e. The molecule has 0 aliphatic carbocycles. The second kappa shape index (κ2) is 5.98. The summed E-state index contributed by atoms with van der Waals surface area (Å²) < 4.78 is 12.8. The zero-order chi connectivity index (χ0) is 13.0. The number of nitrogens with two attached hydrogens (primary N) is 1. The predicted molar refractivity (Wildman–Crippen MR) is 72.9 cm³/mol. The first-order valence-electron chi connectivity index (χ1n) is 5.74. The van der Waals surface area contributed by atoms with Gasteiger partial charge in [-0.2, -0.15) is 0 Å². The third-order valence-electron chi connectivity index (χ3n) is 2.73. The number of hydrogen-bond donors (Lipinski definition) is 1. The molecule has 0 bridgehead atoms. The molecular formula is C14H15FN2S. The van der Waals surface area contributed by atoms with E-state index in [-0.39, 0.29) is 17.1 Å². The Balaban J connectivity index is 2.05. The lowest BCUT2D eigenvalue weighted by molar-refractivity contribution is 0.624. The molecule has 2 N–H and O–H groups in total. The Hall–Kier alpha value is -1.39. The van der Waals surface area contributed by atoms with E-state index in [9.17, 15) is 4.39 Å². The van der Waals surface area contributed by atoms with Crippen LogP contribution in [-0.4, -0.2) is 10.2 Å². The monoisotopic (exact) mass is 262 g/mol. The Labute approximate surface area is 110 Å². The quantitative estimate of drug-likeness (QED) is 0.858. The summed E-state index contributed by atoms with van der Waals surface area (Å²) in [6.45, 7) is 2.07. The van der Waals surface area contributed by atoms with Gasteiger partial charge in [0.25, 0.3) is 0 Å². The van der Waals surface area contributed by atoms with E-state index in [1.165, 1.54) is 12.1 Å². The maximum Gasteiger partial charge on any atom is 0.123 e. The number of rotatable bonds is 4. The first kappa shape index (κ1) is 13.1. The molecule has 0 saturated carbocycles. The average Bonchev–Trinajstić information content (AvgIpc) is 2.40. The molecule has 2 atom stereocenters. The molecule has 0 saturated heterocycles. The van der Waals surface area contributed by atoms with Crippen molar-refractivity contribution in [3.05, 3.63) is 60.2 Å². The van der Waals surface area contributed by atoms with E-state index < -0.39 is 0 Å². The molecule has 0 amide bonds. The van der Waals surface area contributed by atoms with Gasteiger partial charge in [0, 0.05) is 28.6 Å². The van der Waals surface area contributed by atoms with Crippen LogP contribution < -0.4 is 5.73 Å². The van der Waals surface area contributed by atoms with Crippen LogP contribution in [0.15, 0.2) is 53.7 Å². The number of nitrogens with zero attached hydrogens (tertiary/aromatic N) is 1. The van der Waals surface area contributed by atoms with Crippen LogP contribution in [0.2, 0.25) is 0 Å². The molecule has 0 aliphatic heterocycles. The van der Waals surface area contributed by atoms with Gasteiger partial charge in [-0.3, -0.25) is 4.98 Å². The van der Waals surface area contributed by atoms with E-state index >= 15 is 0 Å². The number of pyridine rings is 1. The lowest BCUT2D eigenvalue weighted by Gasteiger charge is -2.19. The zero-order valence-corrected chi connectivity index (χ0v) is 10.9. The molecule has 0 spiro atoms. The summed E-state index contributed by atoms with van der Waals surface area (Å²) >= 11 is 1.69. The summed E-state index contributed by atoms with van der Waals surface area (Å²) in [5.41, 5.74) is 7.13. The van der Waals surface area contributed by atoms with Crippen molar-refractivity contribution in [3.63, 3.8) is 0 Å². The first-order chi connectivity index (χ1) is 8.66. The van der Waals surface area contributed by atoms with E-state index in [2.05, 4.69) is 11.9 Å². The minimum absolute atomic E-state index is 0.122. The number of aromatic nitrogens is 1. The van der Waals surface area contributed by atoms with Crippen molar-refractivity contribution < 1.29 is 4.39 Å². The highest BCUT2D eigenvalue weighted by Crippen LogP contribution is 2.30. The molecule has 1 heterocycles. The Morgan fingerprint density at radius 3 is 2.33 bits per heavy atom. The van der Waals surface area contributed by atoms with Gasteiger partial charge in [0.2, 0.25) is 0 Å². The summed E-state index contributed by atoms with van der Waals surface area (Å²) in [7, 11) is 0. The third-order valence-corrected chi connectivity index (χ3v) is 3.94. The summed E-state index contributed by atoms with van der Waals surface area (Å²) in [6, 6.07) is 10.2. The first-order valence-corrected chi connectivity index (χ1v) is 6.62. The summed E-state index contributed by atoms with van der Waals surface area (Å²) in [5, 5.41) is 0.206. The molecule has 0 fully saturated rings. The second-order valence-corrected chi connectivity index (χ2v) is 5.53. The zero-order valence-electron chi connectivity index (χ0n) is 10.1. The van der Waals surface area contributed by atoms with Crippen LogP contribution in [0.1, 0.15) is 18.5 Å². The summed E-state index contributed by atoms with van der Waals surface area (Å²) in [5.74, 6) is -0.236. The van der Waals surface area contributed by atoms with Crippen molar-refractivity contribution in [2.75, 3.05) is 0 Å². The maximum atomic E-state index is 12.8. The van der Waals surface area contributed by atoms with Crippen LogP contribution in [0.25, 0.3) is 0 Å². The van der Waals surface area contributed by atoms with Crippen LogP contribution in [0.4, 0.5) is 4.39 Å². The maximum absolute atomic E-state index is 12.8. The molecule has 2 unspecified atom stereocenters. The Bertz CT molecular complexity index is 487. The largest absolute Gasteiger partial charge is 0.323 e. The van der Waals surface area contributed by atoms with Gasteiger partial charge in [-0.1, -0.05) is 19.1 Å². The highest BCUT2D eigenvalue weighted by atomic mass is 32.2. The molecule has 0 aliphatic rings. The van der Waals surface area contributed by atoms with Crippen LogP contribution in [-0.2, 0) is 0 Å². The van der Waals surface area contributed by atoms with Crippen molar-refractivity contribution in [2.45, 2.75) is 23.1 Å². The van der Waals surface area contributed by atoms with Crippen molar-refractivity contribution in [1.29, 1.82) is 0 Å². The van der Waals surface area contributed by atoms with Gasteiger partial charge < -0.3 is 5.73 Å². The third kappa shape index (κ3) is 3.31. The number of hydrogen-bond acceptors (Lipinski definition) is 3. The minimum atomic E-state index is -0.236. The fourth-order valence-electron chi connectivity index (χ4n) is 1.66. The molecule has 2 aromatic rings. The van der Waals surface area contributed by atoms with Crippen molar-refractivity contribution in [1.82, 2.24) is 4.98 Å². The van der Waals surface area contributed by atoms with Crippen LogP contribution >= 0.6 is 11.8 Å². The highest BCUT2D eigenvalue weighted by Gasteiger charge is 2.16. The average molecular weight is 262 g/mol. The van der Waals surface area contributed by atoms with E-state index in [1.54, 1.807) is 36.3 Å². The lowest BCUT2D eigenvalue weighted by atomic mass is 10.1. The fourth-order valence-corrected chi connectivity index (χ4v) is 2.67. The Morgan fingerprint density at radius 2 is 1.72 bits per heavy atom. The summed E-state index contributed by atoms with van der Waals surface area (Å²) in [6.07, 6.45) is 3.52. The normalized spacial score (nSPS) is 14.2. The number of halogens is 1. The molecular weight excluding hydrogens is 247 g/mol. The number of thioether (sulfide) groups is 1. The molecule has 94 valence electrons. The smallest absolute Gasteiger partial charge is 0.123 e. The van der Waals surface area contributed by atoms with Gasteiger partial charge in [-0.05, 0) is 29.8 Å². The van der Waals surface area contributed by atoms with Crippen molar-refractivity contribution >= 4 is 11.8 Å². The Morgan fingerprint density at radius 1 is 1.11 bits per heavy atom. The molecule has 1 aromatic heterocycles. The van der Waals surface area contributed by atoms with Gasteiger partial charge in [-0.15, -0.1) is 11.8 Å². The standard InChI is InChI=1S/C14H15FN2S/c1-10(18-13-6-8-17-9-7-13)14(16)11-2-4-12(15)5-3-11/h2-10,14H,16H2,1H3. The van der Waals surface area contributed by atoms with Crippen LogP contribution in [0.3, 0.4) is 0 Å². The van der Waals surface area contributed by atoms with Crippen LogP contribution in [0, 0.1) is 5.82 Å². The van der Waals surface area contributed by atoms with Gasteiger partial charge in [-0.25, -0.2) is 4.39 Å². The van der Waals surface area contributed by atoms with Crippen LogP contribution in [0.5, 0.6) is 0 Å². The lowest BCUT2D eigenvalue weighted by Crippen LogP contribution is -2.21. The number of benzene rings is 1. The van der Waals surface area contributed by atoms with Gasteiger partial charge in [0.15, 0.2) is 0 Å². The van der Waals surface area contributed by atoms with E-state index in [0.29, 0.717) is 0 Å². The molecule has 4 heteroatoms. The van der Waals surface area contributed by atoms with Gasteiger partial charge in [0.1, 0.15) is 5.82 Å². The predicted octanol–water partition coefficient (Wildman–Crippen LogP) is 3.40. The molecule has 0 radical (unpaired) electrons. The molecule has 18 heavy (non-hydrogen) atoms. The van der Waals surface area contributed by atoms with Crippen molar-refractivity contribution in [2.24, 2.45) is 5.73 Å². The van der Waals surface area contributed by atoms with Gasteiger partial charge >= 0.3 is 0 Å². The highest BCUT2D eigenvalue weighted by molar-refractivity contribution is 8.00. The van der Waals surface area contributed by atoms with Gasteiger partial charge in [0.05, 0.1) is 0 Å². The van der Waals surface area contributed by atoms with Crippen molar-refractivity contribution in [3.8, 4) is 0 Å². The topological polar surface area (TPSA) is 38.9 Å². The Kier molecular flexibility index (Phi) is 4.33. The fraction of sp³-hybridized carbons (Fsp3) is 0.214. The van der Waals surface area contributed by atoms with E-state index in [1.807, 2.05) is 12.1 Å². The summed E-state index contributed by atoms with van der Waals surface area (Å²) in [4.78, 5) is 5.11. The molecule has 2 rings (SSSR count).